The third-order valence-corrected chi connectivity index (χ3v) is 5.09. The van der Waals surface area contributed by atoms with Crippen molar-refractivity contribution >= 4 is 5.91 Å². The van der Waals surface area contributed by atoms with Gasteiger partial charge in [-0.3, -0.25) is 14.7 Å². The summed E-state index contributed by atoms with van der Waals surface area (Å²) in [6.45, 7) is 8.96. The van der Waals surface area contributed by atoms with Gasteiger partial charge < -0.3 is 10.2 Å². The third kappa shape index (κ3) is 3.90. The molecule has 2 aliphatic rings. The summed E-state index contributed by atoms with van der Waals surface area (Å²) in [6.07, 6.45) is 5.85. The van der Waals surface area contributed by atoms with Gasteiger partial charge in [0, 0.05) is 51.2 Å². The zero-order valence-electron chi connectivity index (χ0n) is 14.2. The molecule has 1 N–H and O–H groups in total. The van der Waals surface area contributed by atoms with Crippen LogP contribution in [-0.4, -0.2) is 59.5 Å². The SMILES string of the molecule is CC1CCN(C(=O)C(c2cccnc2)N2CCNC(C)C2)CC1. The average Bonchev–Trinajstić information content (AvgIpc) is 2.57. The molecule has 2 fully saturated rings. The van der Waals surface area contributed by atoms with Crippen LogP contribution >= 0.6 is 0 Å². The number of amides is 1. The standard InChI is InChI=1S/C18H28N4O/c1-14-5-9-21(10-6-14)18(23)17(16-4-3-7-19-12-16)22-11-8-20-15(2)13-22/h3-4,7,12,14-15,17,20H,5-6,8-11,13H2,1-2H3. The molecular weight excluding hydrogens is 288 g/mol. The Kier molecular flexibility index (Phi) is 5.28. The lowest BCUT2D eigenvalue weighted by molar-refractivity contribution is -0.139. The Hall–Kier alpha value is -1.46. The molecule has 1 amide bonds. The second kappa shape index (κ2) is 7.41. The molecule has 0 bridgehead atoms. The van der Waals surface area contributed by atoms with Crippen molar-refractivity contribution in [2.24, 2.45) is 5.92 Å². The van der Waals surface area contributed by atoms with Crippen LogP contribution in [-0.2, 0) is 4.79 Å². The normalized spacial score (nSPS) is 25.3. The first-order valence-corrected chi connectivity index (χ1v) is 8.81. The van der Waals surface area contributed by atoms with Gasteiger partial charge in [0.2, 0.25) is 5.91 Å². The molecule has 3 rings (SSSR count). The van der Waals surface area contributed by atoms with Crippen molar-refractivity contribution < 1.29 is 4.79 Å². The van der Waals surface area contributed by atoms with Crippen molar-refractivity contribution in [3.63, 3.8) is 0 Å². The van der Waals surface area contributed by atoms with Crippen molar-refractivity contribution in [1.82, 2.24) is 20.1 Å². The molecule has 2 atom stereocenters. The smallest absolute Gasteiger partial charge is 0.244 e. The second-order valence-electron chi connectivity index (χ2n) is 7.05. The molecule has 1 aromatic rings. The van der Waals surface area contributed by atoms with Crippen LogP contribution in [0.2, 0.25) is 0 Å². The maximum Gasteiger partial charge on any atom is 0.244 e. The molecule has 5 nitrogen and oxygen atoms in total. The molecule has 5 heteroatoms. The van der Waals surface area contributed by atoms with Crippen LogP contribution in [0.4, 0.5) is 0 Å². The van der Waals surface area contributed by atoms with Crippen molar-refractivity contribution in [1.29, 1.82) is 0 Å². The summed E-state index contributed by atoms with van der Waals surface area (Å²) in [5.41, 5.74) is 1.02. The van der Waals surface area contributed by atoms with E-state index in [1.54, 1.807) is 6.20 Å². The summed E-state index contributed by atoms with van der Waals surface area (Å²) in [5, 5.41) is 3.46. The van der Waals surface area contributed by atoms with Gasteiger partial charge in [0.05, 0.1) is 0 Å². The molecule has 23 heavy (non-hydrogen) atoms. The van der Waals surface area contributed by atoms with Crippen LogP contribution in [0.1, 0.15) is 38.3 Å². The fourth-order valence-corrected chi connectivity index (χ4v) is 3.65. The fraction of sp³-hybridized carbons (Fsp3) is 0.667. The summed E-state index contributed by atoms with van der Waals surface area (Å²) >= 11 is 0. The molecule has 0 saturated carbocycles. The Labute approximate surface area is 139 Å². The van der Waals surface area contributed by atoms with E-state index in [0.29, 0.717) is 6.04 Å². The average molecular weight is 316 g/mol. The van der Waals surface area contributed by atoms with Crippen LogP contribution in [0.3, 0.4) is 0 Å². The van der Waals surface area contributed by atoms with Gasteiger partial charge in [-0.2, -0.15) is 0 Å². The van der Waals surface area contributed by atoms with Gasteiger partial charge in [0.15, 0.2) is 0 Å². The van der Waals surface area contributed by atoms with E-state index < -0.39 is 0 Å². The molecule has 3 heterocycles. The lowest BCUT2D eigenvalue weighted by Crippen LogP contribution is -2.54. The number of nitrogens with one attached hydrogen (secondary N) is 1. The van der Waals surface area contributed by atoms with Gasteiger partial charge in [-0.05, 0) is 37.3 Å². The number of hydrogen-bond acceptors (Lipinski definition) is 4. The molecule has 0 radical (unpaired) electrons. The predicted octanol–water partition coefficient (Wildman–Crippen LogP) is 1.67. The number of carbonyl (C=O) groups excluding carboxylic acids is 1. The Morgan fingerprint density at radius 3 is 2.74 bits per heavy atom. The highest BCUT2D eigenvalue weighted by Crippen LogP contribution is 2.26. The quantitative estimate of drug-likeness (QED) is 0.922. The first-order chi connectivity index (χ1) is 11.1. The summed E-state index contributed by atoms with van der Waals surface area (Å²) in [6, 6.07) is 4.19. The highest BCUT2D eigenvalue weighted by Gasteiger charge is 2.34. The number of nitrogens with zero attached hydrogens (tertiary/aromatic N) is 3. The Morgan fingerprint density at radius 1 is 1.30 bits per heavy atom. The number of piperidine rings is 1. The summed E-state index contributed by atoms with van der Waals surface area (Å²) in [5.74, 6) is 0.981. The summed E-state index contributed by atoms with van der Waals surface area (Å²) in [7, 11) is 0. The first-order valence-electron chi connectivity index (χ1n) is 8.81. The van der Waals surface area contributed by atoms with Gasteiger partial charge in [-0.25, -0.2) is 0 Å². The van der Waals surface area contributed by atoms with Gasteiger partial charge in [0.1, 0.15) is 6.04 Å². The van der Waals surface area contributed by atoms with E-state index in [-0.39, 0.29) is 11.9 Å². The number of rotatable bonds is 3. The minimum atomic E-state index is -0.193. The van der Waals surface area contributed by atoms with E-state index in [1.165, 1.54) is 0 Å². The summed E-state index contributed by atoms with van der Waals surface area (Å²) < 4.78 is 0. The lowest BCUT2D eigenvalue weighted by atomic mass is 9.97. The largest absolute Gasteiger partial charge is 0.341 e. The minimum absolute atomic E-state index is 0.193. The van der Waals surface area contributed by atoms with Crippen molar-refractivity contribution in [3.05, 3.63) is 30.1 Å². The van der Waals surface area contributed by atoms with Crippen LogP contribution < -0.4 is 5.32 Å². The Balaban J connectivity index is 1.81. The number of hydrogen-bond donors (Lipinski definition) is 1. The van der Waals surface area contributed by atoms with Crippen molar-refractivity contribution in [3.8, 4) is 0 Å². The van der Waals surface area contributed by atoms with Crippen LogP contribution in [0.25, 0.3) is 0 Å². The number of pyridine rings is 1. The zero-order valence-corrected chi connectivity index (χ0v) is 14.2. The van der Waals surface area contributed by atoms with E-state index in [9.17, 15) is 4.79 Å². The highest BCUT2D eigenvalue weighted by molar-refractivity contribution is 5.83. The number of carbonyl (C=O) groups is 1. The maximum absolute atomic E-state index is 13.2. The Morgan fingerprint density at radius 2 is 2.09 bits per heavy atom. The Bertz CT molecular complexity index is 513. The van der Waals surface area contributed by atoms with Crippen molar-refractivity contribution in [2.75, 3.05) is 32.7 Å². The lowest BCUT2D eigenvalue weighted by Gasteiger charge is -2.40. The minimum Gasteiger partial charge on any atom is -0.341 e. The van der Waals surface area contributed by atoms with Gasteiger partial charge in [-0.15, -0.1) is 0 Å². The van der Waals surface area contributed by atoms with Crippen LogP contribution in [0, 0.1) is 5.92 Å². The third-order valence-electron chi connectivity index (χ3n) is 5.09. The topological polar surface area (TPSA) is 48.5 Å². The van der Waals surface area contributed by atoms with Crippen molar-refractivity contribution in [2.45, 2.75) is 38.8 Å². The molecular formula is C18H28N4O. The summed E-state index contributed by atoms with van der Waals surface area (Å²) in [4.78, 5) is 21.9. The van der Waals surface area contributed by atoms with Gasteiger partial charge in [-0.1, -0.05) is 13.0 Å². The maximum atomic E-state index is 13.2. The van der Waals surface area contributed by atoms with E-state index in [4.69, 9.17) is 0 Å². The van der Waals surface area contributed by atoms with E-state index in [1.807, 2.05) is 18.3 Å². The van der Waals surface area contributed by atoms with Crippen LogP contribution in [0.15, 0.2) is 24.5 Å². The van der Waals surface area contributed by atoms with E-state index in [0.717, 1.165) is 57.0 Å². The molecule has 2 aliphatic heterocycles. The van der Waals surface area contributed by atoms with E-state index in [2.05, 4.69) is 33.9 Å². The monoisotopic (exact) mass is 316 g/mol. The predicted molar refractivity (Wildman–Crippen MR) is 91.0 cm³/mol. The number of likely N-dealkylation sites (tertiary alicyclic amines) is 1. The molecule has 126 valence electrons. The number of aromatic nitrogens is 1. The molecule has 0 spiro atoms. The fourth-order valence-electron chi connectivity index (χ4n) is 3.65. The highest BCUT2D eigenvalue weighted by atomic mass is 16.2. The number of piperazine rings is 1. The van der Waals surface area contributed by atoms with Crippen LogP contribution in [0.5, 0.6) is 0 Å². The van der Waals surface area contributed by atoms with E-state index >= 15 is 0 Å². The second-order valence-corrected chi connectivity index (χ2v) is 7.05. The molecule has 0 aliphatic carbocycles. The first kappa shape index (κ1) is 16.4. The molecule has 2 saturated heterocycles. The molecule has 0 aromatic carbocycles. The molecule has 2 unspecified atom stereocenters. The molecule has 1 aromatic heterocycles. The zero-order chi connectivity index (χ0) is 16.2. The van der Waals surface area contributed by atoms with Gasteiger partial charge >= 0.3 is 0 Å². The van der Waals surface area contributed by atoms with Gasteiger partial charge in [0.25, 0.3) is 0 Å².